The van der Waals surface area contributed by atoms with Gasteiger partial charge in [0.05, 0.1) is 0 Å². The molecule has 1 aliphatic rings. The van der Waals surface area contributed by atoms with Crippen LogP contribution in [0, 0.1) is 12.8 Å². The summed E-state index contributed by atoms with van der Waals surface area (Å²) in [6.07, 6.45) is 9.66. The highest BCUT2D eigenvalue weighted by molar-refractivity contribution is 5.41. The van der Waals surface area contributed by atoms with Crippen LogP contribution in [0.15, 0.2) is 12.4 Å². The molecule has 0 radical (unpaired) electrons. The summed E-state index contributed by atoms with van der Waals surface area (Å²) in [5.41, 5.74) is 1.29. The maximum absolute atomic E-state index is 4.18. The van der Waals surface area contributed by atoms with Gasteiger partial charge in [-0.2, -0.15) is 0 Å². The van der Waals surface area contributed by atoms with Gasteiger partial charge in [-0.1, -0.05) is 19.1 Å². The van der Waals surface area contributed by atoms with Crippen LogP contribution in [0.5, 0.6) is 0 Å². The number of fused-ring (bicyclic) bond motifs is 1. The lowest BCUT2D eigenvalue weighted by Gasteiger charge is -2.07. The van der Waals surface area contributed by atoms with Crippen molar-refractivity contribution >= 4 is 12.2 Å². The Kier molecular flexibility index (Phi) is 1.72. The molecule has 0 spiro atoms. The van der Waals surface area contributed by atoms with Crippen molar-refractivity contribution < 1.29 is 0 Å². The molecule has 12 heavy (non-hydrogen) atoms. The Balaban J connectivity index is 2.78. The third kappa shape index (κ3) is 1.15. The van der Waals surface area contributed by atoms with E-state index < -0.39 is 0 Å². The maximum Gasteiger partial charge on any atom is 0.0343 e. The number of nitrogens with zero attached hydrogens (tertiary/aromatic N) is 1. The summed E-state index contributed by atoms with van der Waals surface area (Å²) in [6.45, 7) is 4.36. The van der Waals surface area contributed by atoms with Gasteiger partial charge in [0, 0.05) is 12.4 Å². The summed E-state index contributed by atoms with van der Waals surface area (Å²) >= 11 is 0. The fraction of sp³-hybridized carbons (Fsp3) is 0.364. The summed E-state index contributed by atoms with van der Waals surface area (Å²) in [5.74, 6) is 0.668. The average molecular weight is 159 g/mol. The Hall–Kier alpha value is -1.11. The van der Waals surface area contributed by atoms with Gasteiger partial charge in [0.2, 0.25) is 0 Å². The summed E-state index contributed by atoms with van der Waals surface area (Å²) in [5, 5.41) is 2.68. The van der Waals surface area contributed by atoms with Crippen molar-refractivity contribution in [2.45, 2.75) is 20.3 Å². The molecule has 1 aromatic rings. The molecule has 1 heterocycles. The van der Waals surface area contributed by atoms with Crippen molar-refractivity contribution in [2.75, 3.05) is 0 Å². The summed E-state index contributed by atoms with van der Waals surface area (Å²) in [6, 6.07) is 0. The van der Waals surface area contributed by atoms with Crippen molar-refractivity contribution in [3.63, 3.8) is 0 Å². The van der Waals surface area contributed by atoms with Crippen LogP contribution >= 0.6 is 0 Å². The van der Waals surface area contributed by atoms with Gasteiger partial charge >= 0.3 is 0 Å². The molecular weight excluding hydrogens is 146 g/mol. The predicted molar refractivity (Wildman–Crippen MR) is 50.9 cm³/mol. The SMILES string of the molecule is Cc1cncc2c1=CCC(C)C=2. The summed E-state index contributed by atoms with van der Waals surface area (Å²) in [4.78, 5) is 4.18. The largest absolute Gasteiger partial charge is 0.264 e. The molecule has 2 rings (SSSR count). The first kappa shape index (κ1) is 7.53. The van der Waals surface area contributed by atoms with E-state index in [2.05, 4.69) is 31.0 Å². The second-order valence-corrected chi connectivity index (χ2v) is 3.54. The predicted octanol–water partition coefficient (Wildman–Crippen LogP) is 0.991. The smallest absolute Gasteiger partial charge is 0.0343 e. The fourth-order valence-electron chi connectivity index (χ4n) is 1.69. The first-order valence-electron chi connectivity index (χ1n) is 4.40. The molecule has 1 nitrogen and oxygen atoms in total. The van der Waals surface area contributed by atoms with E-state index in [-0.39, 0.29) is 0 Å². The van der Waals surface area contributed by atoms with Gasteiger partial charge in [0.15, 0.2) is 0 Å². The van der Waals surface area contributed by atoms with Gasteiger partial charge in [0.25, 0.3) is 0 Å². The minimum Gasteiger partial charge on any atom is -0.264 e. The average Bonchev–Trinajstić information content (AvgIpc) is 2.04. The molecule has 1 aliphatic carbocycles. The first-order chi connectivity index (χ1) is 5.77. The number of rotatable bonds is 0. The van der Waals surface area contributed by atoms with Gasteiger partial charge in [-0.3, -0.25) is 4.98 Å². The molecule has 1 atom stereocenters. The van der Waals surface area contributed by atoms with Gasteiger partial charge in [-0.05, 0) is 35.3 Å². The molecular formula is C11H13N. The Morgan fingerprint density at radius 3 is 3.08 bits per heavy atom. The molecule has 62 valence electrons. The minimum absolute atomic E-state index is 0.668. The standard InChI is InChI=1S/C11H13N/c1-8-3-4-11-9(2)6-12-7-10(11)5-8/h4-8H,3H2,1-2H3. The van der Waals surface area contributed by atoms with Crippen molar-refractivity contribution in [3.8, 4) is 0 Å². The third-order valence-corrected chi connectivity index (χ3v) is 2.38. The van der Waals surface area contributed by atoms with Crippen molar-refractivity contribution in [3.05, 3.63) is 28.4 Å². The molecule has 1 heteroatoms. The molecule has 0 aromatic carbocycles. The number of hydrogen-bond donors (Lipinski definition) is 0. The van der Waals surface area contributed by atoms with Crippen LogP contribution in [0.4, 0.5) is 0 Å². The number of hydrogen-bond acceptors (Lipinski definition) is 1. The number of pyridine rings is 1. The number of aromatic nitrogens is 1. The van der Waals surface area contributed by atoms with Gasteiger partial charge in [-0.15, -0.1) is 0 Å². The zero-order valence-corrected chi connectivity index (χ0v) is 7.54. The van der Waals surface area contributed by atoms with Crippen LogP contribution in [0.2, 0.25) is 0 Å². The van der Waals surface area contributed by atoms with E-state index >= 15 is 0 Å². The molecule has 1 unspecified atom stereocenters. The Morgan fingerprint density at radius 2 is 2.25 bits per heavy atom. The van der Waals surface area contributed by atoms with Gasteiger partial charge in [-0.25, -0.2) is 0 Å². The molecule has 0 bridgehead atoms. The normalized spacial score (nSPS) is 20.7. The van der Waals surface area contributed by atoms with Crippen LogP contribution in [-0.4, -0.2) is 4.98 Å². The minimum atomic E-state index is 0.668. The highest BCUT2D eigenvalue weighted by Crippen LogP contribution is 2.05. The topological polar surface area (TPSA) is 12.9 Å². The van der Waals surface area contributed by atoms with Crippen molar-refractivity contribution in [1.29, 1.82) is 0 Å². The van der Waals surface area contributed by atoms with Crippen LogP contribution < -0.4 is 10.4 Å². The van der Waals surface area contributed by atoms with Crippen LogP contribution in [-0.2, 0) is 0 Å². The zero-order chi connectivity index (χ0) is 8.55. The fourth-order valence-corrected chi connectivity index (χ4v) is 1.69. The summed E-state index contributed by atoms with van der Waals surface area (Å²) in [7, 11) is 0. The lowest BCUT2D eigenvalue weighted by molar-refractivity contribution is 0.798. The van der Waals surface area contributed by atoms with E-state index in [9.17, 15) is 0 Å². The van der Waals surface area contributed by atoms with E-state index in [4.69, 9.17) is 0 Å². The highest BCUT2D eigenvalue weighted by atomic mass is 14.6. The molecule has 0 amide bonds. The molecule has 1 aromatic heterocycles. The summed E-state index contributed by atoms with van der Waals surface area (Å²) < 4.78 is 0. The maximum atomic E-state index is 4.18. The highest BCUT2D eigenvalue weighted by Gasteiger charge is 2.01. The zero-order valence-electron chi connectivity index (χ0n) is 7.54. The molecule has 0 fully saturated rings. The second kappa shape index (κ2) is 2.74. The lowest BCUT2D eigenvalue weighted by atomic mass is 9.99. The number of aryl methyl sites for hydroxylation is 1. The van der Waals surface area contributed by atoms with E-state index in [0.29, 0.717) is 5.92 Å². The van der Waals surface area contributed by atoms with Crippen molar-refractivity contribution in [2.24, 2.45) is 5.92 Å². The van der Waals surface area contributed by atoms with E-state index in [1.165, 1.54) is 16.0 Å². The monoisotopic (exact) mass is 159 g/mol. The van der Waals surface area contributed by atoms with Gasteiger partial charge < -0.3 is 0 Å². The van der Waals surface area contributed by atoms with E-state index in [1.54, 1.807) is 0 Å². The van der Waals surface area contributed by atoms with Crippen molar-refractivity contribution in [1.82, 2.24) is 4.98 Å². The molecule has 0 saturated carbocycles. The van der Waals surface area contributed by atoms with E-state index in [0.717, 1.165) is 6.42 Å². The first-order valence-corrected chi connectivity index (χ1v) is 4.40. The lowest BCUT2D eigenvalue weighted by Crippen LogP contribution is -2.31. The Morgan fingerprint density at radius 1 is 1.42 bits per heavy atom. The quantitative estimate of drug-likeness (QED) is 0.550. The third-order valence-electron chi connectivity index (χ3n) is 2.38. The molecule has 0 N–H and O–H groups in total. The van der Waals surface area contributed by atoms with E-state index in [1.807, 2.05) is 12.4 Å². The van der Waals surface area contributed by atoms with Gasteiger partial charge in [0.1, 0.15) is 0 Å². The van der Waals surface area contributed by atoms with Crippen LogP contribution in [0.1, 0.15) is 18.9 Å². The molecule has 0 aliphatic heterocycles. The Bertz CT molecular complexity index is 404. The molecule has 0 saturated heterocycles. The van der Waals surface area contributed by atoms with Crippen LogP contribution in [0.3, 0.4) is 0 Å². The second-order valence-electron chi connectivity index (χ2n) is 3.54. The Labute approximate surface area is 72.5 Å². The van der Waals surface area contributed by atoms with Crippen LogP contribution in [0.25, 0.3) is 12.2 Å².